The van der Waals surface area contributed by atoms with Gasteiger partial charge in [0.25, 0.3) is 0 Å². The van der Waals surface area contributed by atoms with E-state index in [-0.39, 0.29) is 0 Å². The van der Waals surface area contributed by atoms with Crippen LogP contribution in [-0.2, 0) is 6.42 Å². The molecule has 0 aliphatic heterocycles. The van der Waals surface area contributed by atoms with Gasteiger partial charge < -0.3 is 5.73 Å². The molecule has 2 rings (SSSR count). The van der Waals surface area contributed by atoms with Crippen LogP contribution >= 0.6 is 0 Å². The summed E-state index contributed by atoms with van der Waals surface area (Å²) in [6.45, 7) is 0.626. The summed E-state index contributed by atoms with van der Waals surface area (Å²) in [5.74, 6) is 0. The Labute approximate surface area is 75.4 Å². The normalized spacial score (nSPS) is 10.5. The smallest absolute Gasteiger partial charge is 0.0861 e. The fourth-order valence-electron chi connectivity index (χ4n) is 1.28. The molecule has 5 heteroatoms. The van der Waals surface area contributed by atoms with Crippen LogP contribution in [0.15, 0.2) is 18.5 Å². The SMILES string of the molecule is NCCc1cn[nH]c1-c1ccn[nH]1. The molecule has 0 radical (unpaired) electrons. The van der Waals surface area contributed by atoms with E-state index < -0.39 is 0 Å². The summed E-state index contributed by atoms with van der Waals surface area (Å²) in [6.07, 6.45) is 4.33. The van der Waals surface area contributed by atoms with Crippen molar-refractivity contribution in [2.45, 2.75) is 6.42 Å². The van der Waals surface area contributed by atoms with Crippen LogP contribution in [0.25, 0.3) is 11.4 Å². The Kier molecular flexibility index (Phi) is 2.09. The largest absolute Gasteiger partial charge is 0.330 e. The van der Waals surface area contributed by atoms with Crippen molar-refractivity contribution in [3.05, 3.63) is 24.0 Å². The molecule has 5 nitrogen and oxygen atoms in total. The van der Waals surface area contributed by atoms with Gasteiger partial charge in [-0.05, 0) is 19.0 Å². The van der Waals surface area contributed by atoms with Gasteiger partial charge >= 0.3 is 0 Å². The van der Waals surface area contributed by atoms with E-state index in [0.29, 0.717) is 6.54 Å². The first kappa shape index (κ1) is 8.00. The van der Waals surface area contributed by atoms with Crippen LogP contribution in [0.1, 0.15) is 5.56 Å². The van der Waals surface area contributed by atoms with Gasteiger partial charge in [-0.1, -0.05) is 0 Å². The van der Waals surface area contributed by atoms with Crippen LogP contribution in [0.3, 0.4) is 0 Å². The zero-order valence-electron chi connectivity index (χ0n) is 7.12. The summed E-state index contributed by atoms with van der Waals surface area (Å²) in [7, 11) is 0. The molecule has 0 aromatic carbocycles. The Bertz CT molecular complexity index is 362. The zero-order valence-corrected chi connectivity index (χ0v) is 7.12. The highest BCUT2D eigenvalue weighted by Gasteiger charge is 2.06. The van der Waals surface area contributed by atoms with Crippen LogP contribution in [0, 0.1) is 0 Å². The minimum atomic E-state index is 0.626. The quantitative estimate of drug-likeness (QED) is 0.630. The van der Waals surface area contributed by atoms with Crippen LogP contribution in [0.2, 0.25) is 0 Å². The first-order valence-electron chi connectivity index (χ1n) is 4.14. The monoisotopic (exact) mass is 177 g/mol. The molecule has 2 heterocycles. The maximum atomic E-state index is 5.47. The minimum Gasteiger partial charge on any atom is -0.330 e. The second kappa shape index (κ2) is 3.40. The van der Waals surface area contributed by atoms with Gasteiger partial charge in [-0.3, -0.25) is 10.2 Å². The molecule has 0 saturated carbocycles. The van der Waals surface area contributed by atoms with E-state index in [0.717, 1.165) is 23.4 Å². The molecule has 0 spiro atoms. The number of rotatable bonds is 3. The van der Waals surface area contributed by atoms with E-state index in [4.69, 9.17) is 5.73 Å². The van der Waals surface area contributed by atoms with E-state index in [1.54, 1.807) is 12.4 Å². The molecule has 0 atom stereocenters. The predicted molar refractivity (Wildman–Crippen MR) is 48.9 cm³/mol. The Morgan fingerprint density at radius 1 is 1.31 bits per heavy atom. The molecule has 2 aromatic rings. The maximum absolute atomic E-state index is 5.47. The number of hydrogen-bond acceptors (Lipinski definition) is 3. The standard InChI is InChI=1S/C8H11N5/c9-3-1-6-5-11-13-8(6)7-2-4-10-12-7/h2,4-5H,1,3,9H2,(H,10,12)(H,11,13). The van der Waals surface area contributed by atoms with Crippen molar-refractivity contribution in [2.75, 3.05) is 6.54 Å². The molecule has 2 aromatic heterocycles. The molecule has 4 N–H and O–H groups in total. The fraction of sp³-hybridized carbons (Fsp3) is 0.250. The van der Waals surface area contributed by atoms with E-state index >= 15 is 0 Å². The Morgan fingerprint density at radius 3 is 2.92 bits per heavy atom. The van der Waals surface area contributed by atoms with Crippen molar-refractivity contribution in [3.8, 4) is 11.4 Å². The van der Waals surface area contributed by atoms with Crippen molar-refractivity contribution in [3.63, 3.8) is 0 Å². The third-order valence-electron chi connectivity index (χ3n) is 1.90. The highest BCUT2D eigenvalue weighted by Crippen LogP contribution is 2.17. The number of hydrogen-bond donors (Lipinski definition) is 3. The van der Waals surface area contributed by atoms with E-state index in [9.17, 15) is 0 Å². The third kappa shape index (κ3) is 1.46. The minimum absolute atomic E-state index is 0.626. The molecular weight excluding hydrogens is 166 g/mol. The molecule has 0 bridgehead atoms. The third-order valence-corrected chi connectivity index (χ3v) is 1.90. The number of aromatic amines is 2. The Balaban J connectivity index is 2.35. The summed E-state index contributed by atoms with van der Waals surface area (Å²) >= 11 is 0. The fourth-order valence-corrected chi connectivity index (χ4v) is 1.28. The first-order valence-corrected chi connectivity index (χ1v) is 4.14. The average molecular weight is 177 g/mol. The molecule has 0 aliphatic rings. The average Bonchev–Trinajstić information content (AvgIpc) is 2.71. The summed E-state index contributed by atoms with van der Waals surface area (Å²) in [6, 6.07) is 1.90. The van der Waals surface area contributed by atoms with Gasteiger partial charge in [-0.15, -0.1) is 0 Å². The number of H-pyrrole nitrogens is 2. The topological polar surface area (TPSA) is 83.4 Å². The van der Waals surface area contributed by atoms with Gasteiger partial charge in [0.05, 0.1) is 17.6 Å². The molecule has 0 saturated heterocycles. The predicted octanol–water partition coefficient (Wildman–Crippen LogP) is 0.301. The van der Waals surface area contributed by atoms with Gasteiger partial charge in [-0.2, -0.15) is 10.2 Å². The lowest BCUT2D eigenvalue weighted by molar-refractivity contribution is 0.969. The lowest BCUT2D eigenvalue weighted by atomic mass is 10.1. The summed E-state index contributed by atoms with van der Waals surface area (Å²) in [5, 5.41) is 13.6. The van der Waals surface area contributed by atoms with Crippen LogP contribution < -0.4 is 5.73 Å². The highest BCUT2D eigenvalue weighted by molar-refractivity contribution is 5.57. The number of nitrogens with zero attached hydrogens (tertiary/aromatic N) is 2. The summed E-state index contributed by atoms with van der Waals surface area (Å²) < 4.78 is 0. The van der Waals surface area contributed by atoms with E-state index in [2.05, 4.69) is 20.4 Å². The van der Waals surface area contributed by atoms with Crippen molar-refractivity contribution >= 4 is 0 Å². The number of aromatic nitrogens is 4. The zero-order chi connectivity index (χ0) is 9.10. The molecule has 0 fully saturated rings. The molecule has 68 valence electrons. The van der Waals surface area contributed by atoms with E-state index in [1.165, 1.54) is 0 Å². The van der Waals surface area contributed by atoms with Gasteiger partial charge in [-0.25, -0.2) is 0 Å². The second-order valence-electron chi connectivity index (χ2n) is 2.78. The Hall–Kier alpha value is -1.62. The summed E-state index contributed by atoms with van der Waals surface area (Å²) in [4.78, 5) is 0. The van der Waals surface area contributed by atoms with Crippen molar-refractivity contribution < 1.29 is 0 Å². The van der Waals surface area contributed by atoms with Crippen molar-refractivity contribution in [1.29, 1.82) is 0 Å². The molecule has 13 heavy (non-hydrogen) atoms. The molecule has 0 amide bonds. The summed E-state index contributed by atoms with van der Waals surface area (Å²) in [5.41, 5.74) is 8.51. The van der Waals surface area contributed by atoms with Crippen LogP contribution in [-0.4, -0.2) is 26.9 Å². The highest BCUT2D eigenvalue weighted by atomic mass is 15.2. The Morgan fingerprint density at radius 2 is 2.23 bits per heavy atom. The van der Waals surface area contributed by atoms with Gasteiger partial charge in [0, 0.05) is 11.8 Å². The molecule has 0 unspecified atom stereocenters. The van der Waals surface area contributed by atoms with Crippen LogP contribution in [0.4, 0.5) is 0 Å². The van der Waals surface area contributed by atoms with Crippen molar-refractivity contribution in [2.24, 2.45) is 5.73 Å². The van der Waals surface area contributed by atoms with E-state index in [1.807, 2.05) is 6.07 Å². The molecule has 0 aliphatic carbocycles. The van der Waals surface area contributed by atoms with Gasteiger partial charge in [0.1, 0.15) is 0 Å². The number of nitrogens with two attached hydrogens (primary N) is 1. The van der Waals surface area contributed by atoms with Crippen molar-refractivity contribution in [1.82, 2.24) is 20.4 Å². The van der Waals surface area contributed by atoms with Gasteiger partial charge in [0.15, 0.2) is 0 Å². The second-order valence-corrected chi connectivity index (χ2v) is 2.78. The van der Waals surface area contributed by atoms with Gasteiger partial charge in [0.2, 0.25) is 0 Å². The molecular formula is C8H11N5. The maximum Gasteiger partial charge on any atom is 0.0861 e. The lowest BCUT2D eigenvalue weighted by Crippen LogP contribution is -2.02. The number of nitrogens with one attached hydrogen (secondary N) is 2. The van der Waals surface area contributed by atoms with Crippen LogP contribution in [0.5, 0.6) is 0 Å². The lowest BCUT2D eigenvalue weighted by Gasteiger charge is -1.97. The first-order chi connectivity index (χ1) is 6.42.